The molecular weight excluding hydrogens is 264 g/mol. The third-order valence-electron chi connectivity index (χ3n) is 5.83. The first kappa shape index (κ1) is 15.8. The van der Waals surface area contributed by atoms with Crippen LogP contribution >= 0.6 is 0 Å². The van der Waals surface area contributed by atoms with Crippen LogP contribution in [0.15, 0.2) is 0 Å². The summed E-state index contributed by atoms with van der Waals surface area (Å²) in [6, 6.07) is 0. The van der Waals surface area contributed by atoms with Crippen LogP contribution < -0.4 is 0 Å². The molecule has 0 saturated heterocycles. The van der Waals surface area contributed by atoms with Gasteiger partial charge in [0.05, 0.1) is 31.5 Å². The van der Waals surface area contributed by atoms with Gasteiger partial charge in [-0.2, -0.15) is 0 Å². The van der Waals surface area contributed by atoms with Crippen molar-refractivity contribution >= 4 is 0 Å². The molecule has 4 fully saturated rings. The second-order valence-electron chi connectivity index (χ2n) is 8.83. The molecule has 0 aromatic carbocycles. The maximum Gasteiger partial charge on any atom is 0.0830 e. The molecule has 4 bridgehead atoms. The summed E-state index contributed by atoms with van der Waals surface area (Å²) in [4.78, 5) is 0. The van der Waals surface area contributed by atoms with E-state index in [0.29, 0.717) is 19.8 Å². The van der Waals surface area contributed by atoms with Crippen LogP contribution in [0, 0.1) is 23.2 Å². The molecule has 0 spiro atoms. The first-order valence-corrected chi connectivity index (χ1v) is 8.76. The highest BCUT2D eigenvalue weighted by molar-refractivity contribution is 5.04. The van der Waals surface area contributed by atoms with Crippen molar-refractivity contribution in [1.29, 1.82) is 0 Å². The number of hydrogen-bond donors (Lipinski definition) is 1. The fraction of sp³-hybridized carbons (Fsp3) is 1.00. The molecule has 0 aliphatic heterocycles. The predicted octanol–water partition coefficient (Wildman–Crippen LogP) is 3.40. The molecule has 0 aromatic rings. The lowest BCUT2D eigenvalue weighted by Gasteiger charge is -2.58. The second-order valence-corrected chi connectivity index (χ2v) is 8.83. The van der Waals surface area contributed by atoms with Crippen LogP contribution in [0.2, 0.25) is 0 Å². The van der Waals surface area contributed by atoms with E-state index in [9.17, 15) is 5.11 Å². The minimum absolute atomic E-state index is 0.109. The highest BCUT2D eigenvalue weighted by atomic mass is 16.5. The lowest BCUT2D eigenvalue weighted by Crippen LogP contribution is -2.52. The van der Waals surface area contributed by atoms with Gasteiger partial charge in [0.2, 0.25) is 0 Å². The third-order valence-corrected chi connectivity index (χ3v) is 5.83. The molecule has 0 aromatic heterocycles. The van der Waals surface area contributed by atoms with Crippen LogP contribution in [0.25, 0.3) is 0 Å². The second kappa shape index (κ2) is 5.82. The average Bonchev–Trinajstić information content (AvgIpc) is 2.35. The van der Waals surface area contributed by atoms with E-state index in [4.69, 9.17) is 9.47 Å². The standard InChI is InChI=1S/C18H32O3/c1-17(2,3)21-5-4-20-12-16(19)18-9-13-6-14(10-18)8-15(7-13)11-18/h13-16,19H,4-12H2,1-3H3. The molecular formula is C18H32O3. The topological polar surface area (TPSA) is 38.7 Å². The van der Waals surface area contributed by atoms with Crippen molar-refractivity contribution in [3.8, 4) is 0 Å². The van der Waals surface area contributed by atoms with E-state index >= 15 is 0 Å². The lowest BCUT2D eigenvalue weighted by molar-refractivity contribution is -0.143. The summed E-state index contributed by atoms with van der Waals surface area (Å²) >= 11 is 0. The highest BCUT2D eigenvalue weighted by Crippen LogP contribution is 2.61. The smallest absolute Gasteiger partial charge is 0.0830 e. The van der Waals surface area contributed by atoms with Gasteiger partial charge in [-0.1, -0.05) is 0 Å². The maximum atomic E-state index is 10.7. The fourth-order valence-electron chi connectivity index (χ4n) is 5.36. The maximum absolute atomic E-state index is 10.7. The van der Waals surface area contributed by atoms with Crippen LogP contribution in [-0.2, 0) is 9.47 Å². The fourth-order valence-corrected chi connectivity index (χ4v) is 5.36. The molecule has 122 valence electrons. The Morgan fingerprint density at radius 3 is 2.00 bits per heavy atom. The lowest BCUT2D eigenvalue weighted by atomic mass is 9.48. The van der Waals surface area contributed by atoms with Gasteiger partial charge in [0, 0.05) is 0 Å². The minimum atomic E-state index is -0.277. The number of ether oxygens (including phenoxy) is 2. The van der Waals surface area contributed by atoms with Crippen molar-refractivity contribution in [2.75, 3.05) is 19.8 Å². The summed E-state index contributed by atoms with van der Waals surface area (Å²) in [5, 5.41) is 10.7. The molecule has 3 heteroatoms. The van der Waals surface area contributed by atoms with Gasteiger partial charge in [0.15, 0.2) is 0 Å². The Hall–Kier alpha value is -0.120. The van der Waals surface area contributed by atoms with E-state index in [-0.39, 0.29) is 17.1 Å². The molecule has 0 amide bonds. The van der Waals surface area contributed by atoms with E-state index in [1.54, 1.807) is 0 Å². The summed E-state index contributed by atoms with van der Waals surface area (Å²) in [6.07, 6.45) is 7.71. The first-order valence-electron chi connectivity index (χ1n) is 8.76. The summed E-state index contributed by atoms with van der Waals surface area (Å²) in [5.41, 5.74) is 0.0710. The summed E-state index contributed by atoms with van der Waals surface area (Å²) in [5.74, 6) is 2.65. The van der Waals surface area contributed by atoms with Crippen LogP contribution in [0.4, 0.5) is 0 Å². The third kappa shape index (κ3) is 3.62. The highest BCUT2D eigenvalue weighted by Gasteiger charge is 2.53. The first-order chi connectivity index (χ1) is 9.86. The summed E-state index contributed by atoms with van der Waals surface area (Å²) < 4.78 is 11.4. The largest absolute Gasteiger partial charge is 0.390 e. The Morgan fingerprint density at radius 1 is 1.00 bits per heavy atom. The molecule has 1 atom stereocenters. The molecule has 0 heterocycles. The summed E-state index contributed by atoms with van der Waals surface area (Å²) in [7, 11) is 0. The Morgan fingerprint density at radius 2 is 1.52 bits per heavy atom. The normalized spacial score (nSPS) is 39.7. The van der Waals surface area contributed by atoms with E-state index in [2.05, 4.69) is 20.8 Å². The van der Waals surface area contributed by atoms with E-state index in [1.165, 1.54) is 38.5 Å². The van der Waals surface area contributed by atoms with Crippen LogP contribution in [0.3, 0.4) is 0 Å². The quantitative estimate of drug-likeness (QED) is 0.764. The van der Waals surface area contributed by atoms with Gasteiger partial charge in [-0.3, -0.25) is 0 Å². The van der Waals surface area contributed by atoms with Gasteiger partial charge >= 0.3 is 0 Å². The zero-order chi connectivity index (χ0) is 15.1. The van der Waals surface area contributed by atoms with Crippen molar-refractivity contribution in [3.63, 3.8) is 0 Å². The van der Waals surface area contributed by atoms with Crippen molar-refractivity contribution in [2.24, 2.45) is 23.2 Å². The molecule has 4 rings (SSSR count). The molecule has 4 aliphatic carbocycles. The molecule has 1 unspecified atom stereocenters. The molecule has 4 aliphatic rings. The molecule has 3 nitrogen and oxygen atoms in total. The molecule has 4 saturated carbocycles. The van der Waals surface area contributed by atoms with Gasteiger partial charge in [-0.05, 0) is 82.5 Å². The number of rotatable bonds is 6. The monoisotopic (exact) mass is 296 g/mol. The number of aliphatic hydroxyl groups is 1. The number of aliphatic hydroxyl groups excluding tert-OH is 1. The molecule has 0 radical (unpaired) electrons. The Labute approximate surface area is 129 Å². The Bertz CT molecular complexity index is 323. The van der Waals surface area contributed by atoms with E-state index < -0.39 is 0 Å². The predicted molar refractivity (Wildman–Crippen MR) is 83.1 cm³/mol. The average molecular weight is 296 g/mol. The molecule has 21 heavy (non-hydrogen) atoms. The van der Waals surface area contributed by atoms with Crippen LogP contribution in [0.5, 0.6) is 0 Å². The van der Waals surface area contributed by atoms with Gasteiger partial charge in [0.25, 0.3) is 0 Å². The van der Waals surface area contributed by atoms with E-state index in [1.807, 2.05) is 0 Å². The van der Waals surface area contributed by atoms with Crippen LogP contribution in [-0.4, -0.2) is 36.6 Å². The zero-order valence-electron chi connectivity index (χ0n) is 13.9. The van der Waals surface area contributed by atoms with Crippen molar-refractivity contribution in [3.05, 3.63) is 0 Å². The SMILES string of the molecule is CC(C)(C)OCCOCC(O)C12CC3CC(CC(C3)C1)C2. The Kier molecular flexibility index (Phi) is 4.37. The van der Waals surface area contributed by atoms with Crippen molar-refractivity contribution in [1.82, 2.24) is 0 Å². The van der Waals surface area contributed by atoms with Crippen molar-refractivity contribution in [2.45, 2.75) is 71.0 Å². The minimum Gasteiger partial charge on any atom is -0.390 e. The molecule has 1 N–H and O–H groups in total. The van der Waals surface area contributed by atoms with Gasteiger partial charge in [-0.25, -0.2) is 0 Å². The Balaban J connectivity index is 1.44. The van der Waals surface area contributed by atoms with Crippen molar-refractivity contribution < 1.29 is 14.6 Å². The van der Waals surface area contributed by atoms with Gasteiger partial charge in [-0.15, -0.1) is 0 Å². The van der Waals surface area contributed by atoms with Gasteiger partial charge in [0.1, 0.15) is 0 Å². The zero-order valence-corrected chi connectivity index (χ0v) is 13.9. The van der Waals surface area contributed by atoms with Crippen LogP contribution in [0.1, 0.15) is 59.3 Å². The summed E-state index contributed by atoms with van der Waals surface area (Å²) in [6.45, 7) is 7.84. The van der Waals surface area contributed by atoms with Gasteiger partial charge < -0.3 is 14.6 Å². The van der Waals surface area contributed by atoms with E-state index in [0.717, 1.165) is 17.8 Å². The number of hydrogen-bond acceptors (Lipinski definition) is 3.